The van der Waals surface area contributed by atoms with E-state index in [1.54, 1.807) is 4.90 Å². The van der Waals surface area contributed by atoms with Crippen LogP contribution in [0.25, 0.3) is 10.9 Å². The number of amides is 2. The second-order valence-electron chi connectivity index (χ2n) is 6.50. The third-order valence-corrected chi connectivity index (χ3v) is 4.81. The number of urea groups is 1. The molecule has 1 aliphatic rings. The molecule has 0 aliphatic carbocycles. The Balaban J connectivity index is 1.64. The van der Waals surface area contributed by atoms with Crippen LogP contribution in [0, 0.1) is 5.92 Å². The zero-order valence-corrected chi connectivity index (χ0v) is 14.8. The average molecular weight is 343 g/mol. The number of fused-ring (bicyclic) bond motifs is 1. The van der Waals surface area contributed by atoms with E-state index in [1.165, 1.54) is 12.5 Å². The minimum absolute atomic E-state index is 0.0947. The van der Waals surface area contributed by atoms with Crippen molar-refractivity contribution in [2.45, 2.75) is 32.7 Å². The lowest BCUT2D eigenvalue weighted by molar-refractivity contribution is -0.146. The molecule has 1 aromatic carbocycles. The van der Waals surface area contributed by atoms with Crippen molar-refractivity contribution in [3.63, 3.8) is 0 Å². The number of nitrogens with one attached hydrogen (secondary N) is 1. The van der Waals surface area contributed by atoms with Crippen molar-refractivity contribution in [2.75, 3.05) is 25.5 Å². The van der Waals surface area contributed by atoms with E-state index in [0.29, 0.717) is 25.9 Å². The van der Waals surface area contributed by atoms with Crippen molar-refractivity contribution in [3.8, 4) is 0 Å². The summed E-state index contributed by atoms with van der Waals surface area (Å²) in [6.45, 7) is 4.25. The van der Waals surface area contributed by atoms with Gasteiger partial charge in [-0.2, -0.15) is 0 Å². The Hall–Kier alpha value is -2.50. The Kier molecular flexibility index (Phi) is 5.26. The van der Waals surface area contributed by atoms with Gasteiger partial charge in [-0.3, -0.25) is 4.79 Å². The highest BCUT2D eigenvalue weighted by atomic mass is 16.5. The molecule has 2 heterocycles. The maximum Gasteiger partial charge on any atom is 0.321 e. The van der Waals surface area contributed by atoms with Crippen LogP contribution in [0.5, 0.6) is 0 Å². The smallest absolute Gasteiger partial charge is 0.321 e. The number of rotatable bonds is 4. The molecule has 0 unspecified atom stereocenters. The molecule has 0 atom stereocenters. The summed E-state index contributed by atoms with van der Waals surface area (Å²) in [5.41, 5.74) is 1.92. The zero-order chi connectivity index (χ0) is 17.8. The molecule has 6 nitrogen and oxygen atoms in total. The number of hydrogen-bond donors (Lipinski definition) is 1. The van der Waals surface area contributed by atoms with Crippen molar-refractivity contribution in [2.24, 2.45) is 5.92 Å². The average Bonchev–Trinajstić information content (AvgIpc) is 3.04. The number of anilines is 1. The maximum atomic E-state index is 12.5. The fourth-order valence-corrected chi connectivity index (χ4v) is 3.39. The summed E-state index contributed by atoms with van der Waals surface area (Å²) in [4.78, 5) is 25.8. The van der Waals surface area contributed by atoms with Gasteiger partial charge in [0.25, 0.3) is 0 Å². The van der Waals surface area contributed by atoms with E-state index in [9.17, 15) is 9.59 Å². The maximum absolute atomic E-state index is 12.5. The molecule has 0 saturated carbocycles. The van der Waals surface area contributed by atoms with Crippen LogP contribution in [0.2, 0.25) is 0 Å². The van der Waals surface area contributed by atoms with Crippen LogP contribution in [-0.4, -0.2) is 41.7 Å². The predicted octanol–water partition coefficient (Wildman–Crippen LogP) is 3.47. The first-order chi connectivity index (χ1) is 12.1. The van der Waals surface area contributed by atoms with Crippen molar-refractivity contribution in [1.29, 1.82) is 0 Å². The summed E-state index contributed by atoms with van der Waals surface area (Å²) < 4.78 is 6.99. The van der Waals surface area contributed by atoms with Gasteiger partial charge < -0.3 is 19.5 Å². The summed E-state index contributed by atoms with van der Waals surface area (Å²) in [5, 5.41) is 4.15. The van der Waals surface area contributed by atoms with Gasteiger partial charge in [0.1, 0.15) is 0 Å². The SMILES string of the molecule is CCCn1ccc2ccc(NC(=O)N3CCC(C(=O)OC)CC3)cc21. The minimum Gasteiger partial charge on any atom is -0.469 e. The first kappa shape index (κ1) is 17.3. The molecule has 1 aliphatic heterocycles. The van der Waals surface area contributed by atoms with Crippen LogP contribution >= 0.6 is 0 Å². The summed E-state index contributed by atoms with van der Waals surface area (Å²) in [6.07, 6.45) is 4.45. The number of benzene rings is 1. The second-order valence-corrected chi connectivity index (χ2v) is 6.50. The first-order valence-electron chi connectivity index (χ1n) is 8.85. The lowest BCUT2D eigenvalue weighted by Crippen LogP contribution is -2.42. The normalized spacial score (nSPS) is 15.4. The molecule has 1 fully saturated rings. The standard InChI is InChI=1S/C19H25N3O3/c1-3-9-21-10-6-14-4-5-16(13-17(14)21)20-19(24)22-11-7-15(8-12-22)18(23)25-2/h4-6,10,13,15H,3,7-9,11-12H2,1-2H3,(H,20,24). The number of piperidine rings is 1. The Morgan fingerprint density at radius 1 is 1.24 bits per heavy atom. The molecule has 2 aromatic rings. The Morgan fingerprint density at radius 3 is 2.68 bits per heavy atom. The van der Waals surface area contributed by atoms with Crippen molar-refractivity contribution in [1.82, 2.24) is 9.47 Å². The molecule has 25 heavy (non-hydrogen) atoms. The lowest BCUT2D eigenvalue weighted by Gasteiger charge is -2.30. The highest BCUT2D eigenvalue weighted by molar-refractivity contribution is 5.93. The summed E-state index contributed by atoms with van der Waals surface area (Å²) in [7, 11) is 1.41. The number of methoxy groups -OCH3 is 1. The highest BCUT2D eigenvalue weighted by Gasteiger charge is 2.27. The Morgan fingerprint density at radius 2 is 2.00 bits per heavy atom. The van der Waals surface area contributed by atoms with Crippen molar-refractivity contribution < 1.29 is 14.3 Å². The molecule has 2 amide bonds. The van der Waals surface area contributed by atoms with E-state index >= 15 is 0 Å². The van der Waals surface area contributed by atoms with Gasteiger partial charge in [0.15, 0.2) is 0 Å². The lowest BCUT2D eigenvalue weighted by atomic mass is 9.97. The van der Waals surface area contributed by atoms with E-state index in [4.69, 9.17) is 4.74 Å². The molecule has 0 bridgehead atoms. The molecule has 1 saturated heterocycles. The quantitative estimate of drug-likeness (QED) is 0.865. The number of hydrogen-bond acceptors (Lipinski definition) is 3. The largest absolute Gasteiger partial charge is 0.469 e. The van der Waals surface area contributed by atoms with Gasteiger partial charge in [-0.1, -0.05) is 13.0 Å². The highest BCUT2D eigenvalue weighted by Crippen LogP contribution is 2.23. The van der Waals surface area contributed by atoms with E-state index in [1.807, 2.05) is 18.2 Å². The number of aromatic nitrogens is 1. The van der Waals surface area contributed by atoms with E-state index in [-0.39, 0.29) is 17.9 Å². The number of nitrogens with zero attached hydrogens (tertiary/aromatic N) is 2. The first-order valence-corrected chi connectivity index (χ1v) is 8.85. The van der Waals surface area contributed by atoms with Crippen LogP contribution in [0.4, 0.5) is 10.5 Å². The van der Waals surface area contributed by atoms with Gasteiger partial charge in [0.05, 0.1) is 18.5 Å². The van der Waals surface area contributed by atoms with Crippen LogP contribution < -0.4 is 5.32 Å². The van der Waals surface area contributed by atoms with Gasteiger partial charge in [0.2, 0.25) is 0 Å². The zero-order valence-electron chi connectivity index (χ0n) is 14.8. The summed E-state index contributed by atoms with van der Waals surface area (Å²) in [6, 6.07) is 7.95. The second kappa shape index (κ2) is 7.59. The van der Waals surface area contributed by atoms with Crippen LogP contribution in [0.1, 0.15) is 26.2 Å². The van der Waals surface area contributed by atoms with Crippen LogP contribution in [0.15, 0.2) is 30.5 Å². The number of carbonyl (C=O) groups excluding carboxylic acids is 2. The minimum atomic E-state index is -0.179. The molecule has 0 spiro atoms. The fourth-order valence-electron chi connectivity index (χ4n) is 3.39. The number of likely N-dealkylation sites (tertiary alicyclic amines) is 1. The summed E-state index contributed by atoms with van der Waals surface area (Å²) >= 11 is 0. The van der Waals surface area contributed by atoms with Crippen LogP contribution in [0.3, 0.4) is 0 Å². The number of aryl methyl sites for hydroxylation is 1. The van der Waals surface area contributed by atoms with E-state index < -0.39 is 0 Å². The van der Waals surface area contributed by atoms with Crippen molar-refractivity contribution >= 4 is 28.6 Å². The number of ether oxygens (including phenoxy) is 1. The van der Waals surface area contributed by atoms with Gasteiger partial charge >= 0.3 is 12.0 Å². The topological polar surface area (TPSA) is 63.6 Å². The van der Waals surface area contributed by atoms with Crippen molar-refractivity contribution in [3.05, 3.63) is 30.5 Å². The fraction of sp³-hybridized carbons (Fsp3) is 0.474. The van der Waals surface area contributed by atoms with Gasteiger partial charge in [-0.05, 0) is 42.8 Å². The molecular weight excluding hydrogens is 318 g/mol. The van der Waals surface area contributed by atoms with Crippen LogP contribution in [-0.2, 0) is 16.1 Å². The number of carbonyl (C=O) groups is 2. The van der Waals surface area contributed by atoms with Gasteiger partial charge in [0, 0.05) is 31.5 Å². The molecule has 1 aromatic heterocycles. The monoisotopic (exact) mass is 343 g/mol. The van der Waals surface area contributed by atoms with Gasteiger partial charge in [-0.15, -0.1) is 0 Å². The molecule has 6 heteroatoms. The van der Waals surface area contributed by atoms with E-state index in [2.05, 4.69) is 29.1 Å². The molecule has 134 valence electrons. The third-order valence-electron chi connectivity index (χ3n) is 4.81. The third kappa shape index (κ3) is 3.78. The number of esters is 1. The summed E-state index contributed by atoms with van der Waals surface area (Å²) in [5.74, 6) is -0.273. The Labute approximate surface area is 147 Å². The molecule has 3 rings (SSSR count). The molecule has 1 N–H and O–H groups in total. The van der Waals surface area contributed by atoms with Gasteiger partial charge in [-0.25, -0.2) is 4.79 Å². The Bertz CT molecular complexity index is 760. The molecular formula is C19H25N3O3. The van der Waals surface area contributed by atoms with E-state index in [0.717, 1.165) is 24.2 Å². The predicted molar refractivity (Wildman–Crippen MR) is 97.6 cm³/mol. The molecule has 0 radical (unpaired) electrons.